The Balaban J connectivity index is 1.78. The fraction of sp³-hybridized carbons (Fsp3) is 0.231. The first-order valence-electron chi connectivity index (χ1n) is 10.7. The first-order chi connectivity index (χ1) is 15.6. The minimum absolute atomic E-state index is 0.221. The molecule has 4 aromatic rings. The third kappa shape index (κ3) is 3.33. The molecule has 0 aliphatic carbocycles. The number of likely N-dealkylation sites (N-methyl/N-ethyl adjacent to an activating group) is 1. The van der Waals surface area contributed by atoms with Crippen molar-refractivity contribution < 1.29 is 9.47 Å². The smallest absolute Gasteiger partial charge is 0.228 e. The molecule has 3 aromatic carbocycles. The summed E-state index contributed by atoms with van der Waals surface area (Å²) in [6.45, 7) is 1.49. The number of rotatable bonds is 5. The molecule has 32 heavy (non-hydrogen) atoms. The van der Waals surface area contributed by atoms with E-state index in [1.165, 1.54) is 0 Å². The number of fused-ring (bicyclic) bond motifs is 4. The highest BCUT2D eigenvalue weighted by Gasteiger charge is 2.34. The Hall–Kier alpha value is -3.64. The molecule has 1 aliphatic heterocycles. The minimum atomic E-state index is -0.221. The van der Waals surface area contributed by atoms with Gasteiger partial charge < -0.3 is 18.9 Å². The summed E-state index contributed by atoms with van der Waals surface area (Å²) in [5, 5.41) is 11.2. The number of ether oxygens (including phenoxy) is 2. The molecule has 0 radical (unpaired) electrons. The lowest BCUT2D eigenvalue weighted by Crippen LogP contribution is -2.32. The number of methoxy groups -OCH3 is 1. The quantitative estimate of drug-likeness (QED) is 0.453. The lowest BCUT2D eigenvalue weighted by Gasteiger charge is -2.30. The molecule has 1 atom stereocenters. The maximum atomic E-state index is 9.06. The normalized spacial score (nSPS) is 14.7. The Bertz CT molecular complexity index is 1360. The van der Waals surface area contributed by atoms with Gasteiger partial charge in [0.25, 0.3) is 0 Å². The van der Waals surface area contributed by atoms with E-state index in [0.29, 0.717) is 17.9 Å². The average molecular weight is 427 g/mol. The summed E-state index contributed by atoms with van der Waals surface area (Å²) < 4.78 is 14.0. The maximum absolute atomic E-state index is 9.06. The van der Waals surface area contributed by atoms with Crippen LogP contribution >= 0.6 is 0 Å². The molecule has 6 heteroatoms. The highest BCUT2D eigenvalue weighted by atomic mass is 16.5. The minimum Gasteiger partial charge on any atom is -0.496 e. The molecule has 0 spiro atoms. The predicted octanol–water partition coefficient (Wildman–Crippen LogP) is 4.37. The van der Waals surface area contributed by atoms with E-state index in [1.54, 1.807) is 13.4 Å². The fourth-order valence-electron chi connectivity index (χ4n) is 4.41. The van der Waals surface area contributed by atoms with E-state index in [0.717, 1.165) is 45.5 Å². The second-order valence-corrected chi connectivity index (χ2v) is 8.29. The van der Waals surface area contributed by atoms with Gasteiger partial charge in [-0.2, -0.15) is 0 Å². The Morgan fingerprint density at radius 3 is 2.62 bits per heavy atom. The molecule has 0 saturated heterocycles. The molecule has 5 rings (SSSR count). The van der Waals surface area contributed by atoms with Crippen LogP contribution in [0.1, 0.15) is 22.6 Å². The summed E-state index contributed by atoms with van der Waals surface area (Å²) in [7, 11) is 5.73. The Labute approximate surface area is 187 Å². The number of nitrogens with one attached hydrogen (secondary N) is 1. The van der Waals surface area contributed by atoms with E-state index < -0.39 is 0 Å². The molecule has 1 aliphatic rings. The van der Waals surface area contributed by atoms with Gasteiger partial charge in [0.1, 0.15) is 23.3 Å². The van der Waals surface area contributed by atoms with E-state index in [9.17, 15) is 0 Å². The van der Waals surface area contributed by atoms with Crippen LogP contribution in [0.15, 0.2) is 67.0 Å². The van der Waals surface area contributed by atoms with Crippen molar-refractivity contribution in [2.24, 2.45) is 0 Å². The third-order valence-electron chi connectivity index (χ3n) is 6.03. The van der Waals surface area contributed by atoms with Crippen molar-refractivity contribution in [3.05, 3.63) is 89.2 Å². The number of hydrogen-bond donors (Lipinski definition) is 1. The van der Waals surface area contributed by atoms with E-state index in [1.807, 2.05) is 49.0 Å². The fourth-order valence-corrected chi connectivity index (χ4v) is 4.41. The van der Waals surface area contributed by atoms with Gasteiger partial charge in [-0.15, -0.1) is 0 Å². The van der Waals surface area contributed by atoms with E-state index in [2.05, 4.69) is 40.2 Å². The lowest BCUT2D eigenvalue weighted by molar-refractivity contribution is 0.371. The number of para-hydroxylation sites is 1. The van der Waals surface area contributed by atoms with Gasteiger partial charge in [-0.1, -0.05) is 54.6 Å². The molecule has 0 saturated carbocycles. The van der Waals surface area contributed by atoms with Gasteiger partial charge in [-0.3, -0.25) is 5.41 Å². The molecule has 0 unspecified atom stereocenters. The Morgan fingerprint density at radius 1 is 1.03 bits per heavy atom. The van der Waals surface area contributed by atoms with Gasteiger partial charge in [0, 0.05) is 29.6 Å². The highest BCUT2D eigenvalue weighted by molar-refractivity contribution is 5.91. The number of hydrogen-bond acceptors (Lipinski definition) is 5. The van der Waals surface area contributed by atoms with Crippen molar-refractivity contribution >= 4 is 10.8 Å². The summed E-state index contributed by atoms with van der Waals surface area (Å²) >= 11 is 0. The molecule has 1 N–H and O–H groups in total. The third-order valence-corrected chi connectivity index (χ3v) is 6.03. The van der Waals surface area contributed by atoms with Gasteiger partial charge in [0.15, 0.2) is 0 Å². The van der Waals surface area contributed by atoms with Crippen molar-refractivity contribution in [1.29, 1.82) is 5.41 Å². The molecule has 0 bridgehead atoms. The van der Waals surface area contributed by atoms with E-state index in [-0.39, 0.29) is 5.92 Å². The molecule has 0 fully saturated rings. The number of nitrogens with zero attached hydrogens (tertiary/aromatic N) is 3. The first-order valence-corrected chi connectivity index (χ1v) is 10.7. The Morgan fingerprint density at radius 2 is 1.81 bits per heavy atom. The second kappa shape index (κ2) is 8.13. The predicted molar refractivity (Wildman–Crippen MR) is 125 cm³/mol. The molecular weight excluding hydrogens is 400 g/mol. The van der Waals surface area contributed by atoms with Crippen molar-refractivity contribution in [3.63, 3.8) is 0 Å². The monoisotopic (exact) mass is 426 g/mol. The zero-order valence-corrected chi connectivity index (χ0v) is 18.5. The van der Waals surface area contributed by atoms with Crippen molar-refractivity contribution in [1.82, 2.24) is 14.5 Å². The van der Waals surface area contributed by atoms with Crippen LogP contribution in [0.3, 0.4) is 0 Å². The van der Waals surface area contributed by atoms with Gasteiger partial charge in [-0.05, 0) is 25.5 Å². The second-order valence-electron chi connectivity index (χ2n) is 8.29. The molecule has 2 heterocycles. The van der Waals surface area contributed by atoms with Gasteiger partial charge in [-0.25, -0.2) is 4.98 Å². The molecule has 162 valence electrons. The topological polar surface area (TPSA) is 63.4 Å². The maximum Gasteiger partial charge on any atom is 0.228 e. The van der Waals surface area contributed by atoms with Crippen LogP contribution in [0.2, 0.25) is 0 Å². The Kier molecular flexibility index (Phi) is 5.15. The largest absolute Gasteiger partial charge is 0.496 e. The summed E-state index contributed by atoms with van der Waals surface area (Å²) in [5.41, 5.74) is 3.18. The molecule has 1 aromatic heterocycles. The van der Waals surface area contributed by atoms with Gasteiger partial charge in [0.05, 0.1) is 18.6 Å². The zero-order valence-electron chi connectivity index (χ0n) is 18.5. The summed E-state index contributed by atoms with van der Waals surface area (Å²) in [4.78, 5) is 6.76. The number of benzene rings is 3. The molecular formula is C26H26N4O2. The van der Waals surface area contributed by atoms with Crippen LogP contribution in [0.4, 0.5) is 0 Å². The summed E-state index contributed by atoms with van der Waals surface area (Å²) in [6, 6.07) is 20.4. The summed E-state index contributed by atoms with van der Waals surface area (Å²) in [5.74, 6) is 1.84. The van der Waals surface area contributed by atoms with Crippen LogP contribution in [-0.2, 0) is 6.54 Å². The van der Waals surface area contributed by atoms with Crippen LogP contribution < -0.4 is 15.0 Å². The van der Waals surface area contributed by atoms with E-state index in [4.69, 9.17) is 14.9 Å². The van der Waals surface area contributed by atoms with Gasteiger partial charge >= 0.3 is 0 Å². The van der Waals surface area contributed by atoms with Crippen molar-refractivity contribution in [2.45, 2.75) is 12.5 Å². The van der Waals surface area contributed by atoms with Crippen LogP contribution in [0.5, 0.6) is 17.4 Å². The number of aromatic nitrogens is 2. The highest BCUT2D eigenvalue weighted by Crippen LogP contribution is 2.49. The lowest BCUT2D eigenvalue weighted by atomic mass is 9.82. The zero-order chi connectivity index (χ0) is 22.2. The molecule has 0 amide bonds. The first kappa shape index (κ1) is 20.3. The standard InChI is InChI=1S/C26H26N4O2/c1-29(2)14-15-30-16-28-26-23(25(30)27)22(19-10-6-7-11-21(19)31-3)20-13-12-17-8-4-5-9-18(17)24(20)32-26/h4-13,16,22,27H,14-15H2,1-3H3/t22-/m0/s1. The molecule has 6 nitrogen and oxygen atoms in total. The van der Waals surface area contributed by atoms with Crippen LogP contribution in [-0.4, -0.2) is 42.2 Å². The van der Waals surface area contributed by atoms with E-state index >= 15 is 0 Å². The van der Waals surface area contributed by atoms with Crippen molar-refractivity contribution in [2.75, 3.05) is 27.7 Å². The summed E-state index contributed by atoms with van der Waals surface area (Å²) in [6.07, 6.45) is 1.71. The van der Waals surface area contributed by atoms with Crippen LogP contribution in [0.25, 0.3) is 10.8 Å². The van der Waals surface area contributed by atoms with Gasteiger partial charge in [0.2, 0.25) is 5.88 Å². The van der Waals surface area contributed by atoms with Crippen LogP contribution in [0, 0.1) is 5.41 Å². The van der Waals surface area contributed by atoms with Crippen molar-refractivity contribution in [3.8, 4) is 17.4 Å². The average Bonchev–Trinajstić information content (AvgIpc) is 2.82. The SMILES string of the molecule is COc1ccccc1[C@H]1c2ccc3ccccc3c2Oc2ncn(CCN(C)C)c(=N)c21.